The molecule has 1 aliphatic heterocycles. The SMILES string of the molecule is CC(C)[C@H]1COC(c2cc(Cl)ccn2)=N1. The third-order valence-electron chi connectivity index (χ3n) is 2.38. The molecule has 0 saturated carbocycles. The second-order valence-corrected chi connectivity index (χ2v) is 4.35. The number of hydrogen-bond donors (Lipinski definition) is 0. The minimum absolute atomic E-state index is 0.237. The van der Waals surface area contributed by atoms with E-state index in [1.807, 2.05) is 0 Å². The molecular weight excluding hydrogens is 212 g/mol. The molecule has 1 aromatic rings. The van der Waals surface area contributed by atoms with Crippen LogP contribution in [0.15, 0.2) is 23.3 Å². The summed E-state index contributed by atoms with van der Waals surface area (Å²) >= 11 is 5.87. The highest BCUT2D eigenvalue weighted by Crippen LogP contribution is 2.18. The molecule has 0 unspecified atom stereocenters. The molecule has 0 spiro atoms. The lowest BCUT2D eigenvalue weighted by molar-refractivity contribution is 0.291. The normalized spacial score (nSPS) is 20.3. The van der Waals surface area contributed by atoms with Crippen molar-refractivity contribution in [3.63, 3.8) is 0 Å². The molecule has 80 valence electrons. The highest BCUT2D eigenvalue weighted by Gasteiger charge is 2.23. The summed E-state index contributed by atoms with van der Waals surface area (Å²) in [5.74, 6) is 1.10. The van der Waals surface area contributed by atoms with Crippen LogP contribution in [0.1, 0.15) is 19.5 Å². The molecule has 1 aliphatic rings. The van der Waals surface area contributed by atoms with Crippen LogP contribution in [0.4, 0.5) is 0 Å². The molecule has 0 bridgehead atoms. The number of aromatic nitrogens is 1. The fourth-order valence-corrected chi connectivity index (χ4v) is 1.55. The maximum Gasteiger partial charge on any atom is 0.235 e. The second-order valence-electron chi connectivity index (χ2n) is 3.92. The summed E-state index contributed by atoms with van der Waals surface area (Å²) < 4.78 is 5.50. The number of hydrogen-bond acceptors (Lipinski definition) is 3. The lowest BCUT2D eigenvalue weighted by Gasteiger charge is -2.06. The molecule has 0 aliphatic carbocycles. The van der Waals surface area contributed by atoms with Gasteiger partial charge in [0.25, 0.3) is 0 Å². The Morgan fingerprint density at radius 2 is 2.33 bits per heavy atom. The van der Waals surface area contributed by atoms with Crippen LogP contribution in [0.3, 0.4) is 0 Å². The number of aliphatic imine (C=N–C) groups is 1. The van der Waals surface area contributed by atoms with Crippen LogP contribution in [-0.4, -0.2) is 23.5 Å². The van der Waals surface area contributed by atoms with Crippen molar-refractivity contribution in [2.45, 2.75) is 19.9 Å². The van der Waals surface area contributed by atoms with E-state index in [0.29, 0.717) is 29.1 Å². The molecule has 0 N–H and O–H groups in total. The average molecular weight is 225 g/mol. The zero-order chi connectivity index (χ0) is 10.8. The van der Waals surface area contributed by atoms with Gasteiger partial charge >= 0.3 is 0 Å². The van der Waals surface area contributed by atoms with Gasteiger partial charge in [-0.1, -0.05) is 25.4 Å². The fourth-order valence-electron chi connectivity index (χ4n) is 1.39. The zero-order valence-electron chi connectivity index (χ0n) is 8.77. The molecule has 1 aromatic heterocycles. The number of halogens is 1. The number of nitrogens with zero attached hydrogens (tertiary/aromatic N) is 2. The topological polar surface area (TPSA) is 34.5 Å². The van der Waals surface area contributed by atoms with Gasteiger partial charge in [-0.15, -0.1) is 0 Å². The van der Waals surface area contributed by atoms with Gasteiger partial charge in [0.2, 0.25) is 5.90 Å². The molecule has 0 radical (unpaired) electrons. The minimum atomic E-state index is 0.237. The van der Waals surface area contributed by atoms with E-state index >= 15 is 0 Å². The molecular formula is C11H13ClN2O. The van der Waals surface area contributed by atoms with Crippen molar-refractivity contribution < 1.29 is 4.74 Å². The third kappa shape index (κ3) is 2.29. The molecule has 0 saturated heterocycles. The molecule has 0 aromatic carbocycles. The lowest BCUT2D eigenvalue weighted by atomic mass is 10.1. The van der Waals surface area contributed by atoms with Crippen molar-refractivity contribution in [3.8, 4) is 0 Å². The van der Waals surface area contributed by atoms with E-state index in [9.17, 15) is 0 Å². The predicted octanol–water partition coefficient (Wildman–Crippen LogP) is 2.54. The smallest absolute Gasteiger partial charge is 0.235 e. The Kier molecular flexibility index (Phi) is 2.91. The number of rotatable bonds is 2. The maximum atomic E-state index is 5.87. The first-order valence-corrected chi connectivity index (χ1v) is 5.37. The third-order valence-corrected chi connectivity index (χ3v) is 2.62. The van der Waals surface area contributed by atoms with E-state index in [2.05, 4.69) is 23.8 Å². The van der Waals surface area contributed by atoms with Crippen molar-refractivity contribution in [3.05, 3.63) is 29.0 Å². The van der Waals surface area contributed by atoms with Crippen molar-refractivity contribution in [1.82, 2.24) is 4.98 Å². The molecule has 0 fully saturated rings. The van der Waals surface area contributed by atoms with E-state index in [-0.39, 0.29) is 6.04 Å². The summed E-state index contributed by atoms with van der Waals surface area (Å²) in [7, 11) is 0. The largest absolute Gasteiger partial charge is 0.474 e. The van der Waals surface area contributed by atoms with Crippen LogP contribution in [-0.2, 0) is 4.74 Å². The Morgan fingerprint density at radius 1 is 1.53 bits per heavy atom. The van der Waals surface area contributed by atoms with Gasteiger partial charge in [-0.2, -0.15) is 0 Å². The highest BCUT2D eigenvalue weighted by molar-refractivity contribution is 6.30. The van der Waals surface area contributed by atoms with Crippen LogP contribution in [0, 0.1) is 5.92 Å². The number of ether oxygens (including phenoxy) is 1. The van der Waals surface area contributed by atoms with Gasteiger partial charge in [0.15, 0.2) is 0 Å². The second kappa shape index (κ2) is 4.19. The Labute approximate surface area is 94.1 Å². The number of pyridine rings is 1. The summed E-state index contributed by atoms with van der Waals surface area (Å²) in [6, 6.07) is 3.74. The molecule has 1 atom stereocenters. The molecule has 3 nitrogen and oxygen atoms in total. The van der Waals surface area contributed by atoms with Crippen LogP contribution < -0.4 is 0 Å². The molecule has 0 amide bonds. The summed E-state index contributed by atoms with van der Waals surface area (Å²) in [6.07, 6.45) is 1.66. The Balaban J connectivity index is 2.22. The molecule has 15 heavy (non-hydrogen) atoms. The van der Waals surface area contributed by atoms with E-state index in [4.69, 9.17) is 16.3 Å². The van der Waals surface area contributed by atoms with E-state index in [1.165, 1.54) is 0 Å². The first-order valence-electron chi connectivity index (χ1n) is 4.99. The molecule has 2 heterocycles. The van der Waals surface area contributed by atoms with Gasteiger partial charge < -0.3 is 4.74 Å². The summed E-state index contributed by atoms with van der Waals surface area (Å²) in [4.78, 5) is 8.65. The van der Waals surface area contributed by atoms with Crippen LogP contribution in [0.2, 0.25) is 5.02 Å². The van der Waals surface area contributed by atoms with Gasteiger partial charge in [0, 0.05) is 11.2 Å². The predicted molar refractivity (Wildman–Crippen MR) is 60.4 cm³/mol. The van der Waals surface area contributed by atoms with Crippen molar-refractivity contribution in [2.24, 2.45) is 10.9 Å². The summed E-state index contributed by atoms with van der Waals surface area (Å²) in [5.41, 5.74) is 0.714. The van der Waals surface area contributed by atoms with Crippen LogP contribution >= 0.6 is 11.6 Å². The van der Waals surface area contributed by atoms with Crippen molar-refractivity contribution in [1.29, 1.82) is 0 Å². The fraction of sp³-hybridized carbons (Fsp3) is 0.455. The van der Waals surface area contributed by atoms with Gasteiger partial charge in [0.05, 0.1) is 6.04 Å². The summed E-state index contributed by atoms with van der Waals surface area (Å²) in [6.45, 7) is 4.90. The van der Waals surface area contributed by atoms with Crippen LogP contribution in [0.25, 0.3) is 0 Å². The zero-order valence-corrected chi connectivity index (χ0v) is 9.53. The summed E-state index contributed by atoms with van der Waals surface area (Å²) in [5, 5.41) is 0.652. The first-order chi connectivity index (χ1) is 7.16. The standard InChI is InChI=1S/C11H13ClN2O/c1-7(2)10-6-15-11(14-10)9-5-8(12)3-4-13-9/h3-5,7,10H,6H2,1-2H3/t10-/m1/s1. The monoisotopic (exact) mass is 224 g/mol. The maximum absolute atomic E-state index is 5.87. The highest BCUT2D eigenvalue weighted by atomic mass is 35.5. The first kappa shape index (κ1) is 10.4. The van der Waals surface area contributed by atoms with Gasteiger partial charge in [0.1, 0.15) is 12.3 Å². The van der Waals surface area contributed by atoms with E-state index in [1.54, 1.807) is 18.3 Å². The Hall–Kier alpha value is -1.09. The van der Waals surface area contributed by atoms with Gasteiger partial charge in [-0.05, 0) is 18.1 Å². The Bertz CT molecular complexity index is 390. The van der Waals surface area contributed by atoms with Crippen molar-refractivity contribution in [2.75, 3.05) is 6.61 Å². The lowest BCUT2D eigenvalue weighted by Crippen LogP contribution is -2.13. The van der Waals surface area contributed by atoms with E-state index < -0.39 is 0 Å². The van der Waals surface area contributed by atoms with Gasteiger partial charge in [-0.25, -0.2) is 4.99 Å². The molecule has 4 heteroatoms. The van der Waals surface area contributed by atoms with Crippen LogP contribution in [0.5, 0.6) is 0 Å². The molecule has 2 rings (SSSR count). The van der Waals surface area contributed by atoms with Crippen molar-refractivity contribution >= 4 is 17.5 Å². The quantitative estimate of drug-likeness (QED) is 0.774. The minimum Gasteiger partial charge on any atom is -0.474 e. The van der Waals surface area contributed by atoms with E-state index in [0.717, 1.165) is 0 Å². The van der Waals surface area contributed by atoms with Gasteiger partial charge in [-0.3, -0.25) is 4.98 Å². The Morgan fingerprint density at radius 3 is 2.93 bits per heavy atom. The average Bonchev–Trinajstić information content (AvgIpc) is 2.66.